The van der Waals surface area contributed by atoms with Crippen LogP contribution < -0.4 is 16.2 Å². The van der Waals surface area contributed by atoms with E-state index in [9.17, 15) is 0 Å². The molecule has 4 N–H and O–H groups in total. The van der Waals surface area contributed by atoms with Crippen molar-refractivity contribution < 1.29 is 5.11 Å². The smallest absolute Gasteiger partial charge is 0.239 e. The molecule has 0 aromatic carbocycles. The van der Waals surface area contributed by atoms with E-state index in [1.54, 1.807) is 6.20 Å². The van der Waals surface area contributed by atoms with Crippen LogP contribution in [0.4, 0.5) is 11.8 Å². The second-order valence-corrected chi connectivity index (χ2v) is 4.70. The number of nitrogen functional groups attached to an aromatic ring is 1. The van der Waals surface area contributed by atoms with Crippen LogP contribution >= 0.6 is 0 Å². The van der Waals surface area contributed by atoms with Gasteiger partial charge in [-0.1, -0.05) is 0 Å². The van der Waals surface area contributed by atoms with Gasteiger partial charge in [-0.3, -0.25) is 5.43 Å². The molecule has 18 heavy (non-hydrogen) atoms. The molecule has 100 valence electrons. The maximum Gasteiger partial charge on any atom is 0.239 e. The zero-order valence-corrected chi connectivity index (χ0v) is 10.8. The molecule has 2 heterocycles. The summed E-state index contributed by atoms with van der Waals surface area (Å²) in [5, 5.41) is 9.16. The van der Waals surface area contributed by atoms with Crippen LogP contribution in [-0.2, 0) is 0 Å². The number of nitrogens with one attached hydrogen (secondary N) is 1. The number of hydrogen-bond acceptors (Lipinski definition) is 6. The van der Waals surface area contributed by atoms with E-state index in [2.05, 4.69) is 20.3 Å². The molecule has 1 aromatic heterocycles. The zero-order chi connectivity index (χ0) is 13.0. The third-order valence-electron chi connectivity index (χ3n) is 3.44. The fourth-order valence-electron chi connectivity index (χ4n) is 2.52. The molecule has 0 aliphatic carbocycles. The van der Waals surface area contributed by atoms with Gasteiger partial charge >= 0.3 is 0 Å². The average Bonchev–Trinajstić information content (AvgIpc) is 2.41. The minimum absolute atomic E-state index is 0.216. The van der Waals surface area contributed by atoms with Crippen LogP contribution in [0, 0.1) is 6.92 Å². The van der Waals surface area contributed by atoms with Crippen molar-refractivity contribution in [2.45, 2.75) is 38.6 Å². The molecule has 0 saturated carbocycles. The molecule has 6 heteroatoms. The molecule has 0 bridgehead atoms. The second kappa shape index (κ2) is 5.97. The normalized spacial score (nSPS) is 19.9. The van der Waals surface area contributed by atoms with Crippen LogP contribution in [0.25, 0.3) is 0 Å². The first-order valence-electron chi connectivity index (χ1n) is 6.44. The summed E-state index contributed by atoms with van der Waals surface area (Å²) in [6.45, 7) is 3.19. The highest BCUT2D eigenvalue weighted by molar-refractivity contribution is 5.49. The van der Waals surface area contributed by atoms with Crippen molar-refractivity contribution in [1.82, 2.24) is 9.97 Å². The van der Waals surface area contributed by atoms with E-state index in [1.165, 1.54) is 6.42 Å². The number of piperidine rings is 1. The van der Waals surface area contributed by atoms with Crippen LogP contribution in [0.5, 0.6) is 0 Å². The third-order valence-corrected chi connectivity index (χ3v) is 3.44. The lowest BCUT2D eigenvalue weighted by molar-refractivity contribution is 0.262. The molecule has 1 aliphatic heterocycles. The molecule has 1 aliphatic rings. The van der Waals surface area contributed by atoms with E-state index in [0.717, 1.165) is 37.2 Å². The molecular formula is C12H21N5O. The molecule has 0 radical (unpaired) electrons. The van der Waals surface area contributed by atoms with Crippen molar-refractivity contribution >= 4 is 11.8 Å². The van der Waals surface area contributed by atoms with E-state index in [4.69, 9.17) is 10.9 Å². The molecule has 6 nitrogen and oxygen atoms in total. The number of anilines is 2. The van der Waals surface area contributed by atoms with Gasteiger partial charge in [-0.05, 0) is 32.6 Å². The molecule has 0 amide bonds. The Morgan fingerprint density at radius 3 is 3.11 bits per heavy atom. The second-order valence-electron chi connectivity index (χ2n) is 4.70. The van der Waals surface area contributed by atoms with Gasteiger partial charge in [0.25, 0.3) is 0 Å². The third kappa shape index (κ3) is 2.70. The molecule has 1 saturated heterocycles. The summed E-state index contributed by atoms with van der Waals surface area (Å²) in [6, 6.07) is 0.364. The van der Waals surface area contributed by atoms with E-state index in [-0.39, 0.29) is 6.61 Å². The van der Waals surface area contributed by atoms with Crippen LogP contribution in [0.15, 0.2) is 6.20 Å². The highest BCUT2D eigenvalue weighted by atomic mass is 16.3. The predicted molar refractivity (Wildman–Crippen MR) is 71.3 cm³/mol. The van der Waals surface area contributed by atoms with Crippen molar-refractivity contribution in [3.05, 3.63) is 11.8 Å². The summed E-state index contributed by atoms with van der Waals surface area (Å²) in [7, 11) is 0. The highest BCUT2D eigenvalue weighted by Gasteiger charge is 2.24. The fourth-order valence-corrected chi connectivity index (χ4v) is 2.52. The predicted octanol–water partition coefficient (Wildman–Crippen LogP) is 0.812. The first-order chi connectivity index (χ1) is 8.76. The van der Waals surface area contributed by atoms with E-state index >= 15 is 0 Å². The van der Waals surface area contributed by atoms with Crippen LogP contribution in [0.1, 0.15) is 31.2 Å². The Morgan fingerprint density at radius 1 is 1.56 bits per heavy atom. The van der Waals surface area contributed by atoms with E-state index < -0.39 is 0 Å². The van der Waals surface area contributed by atoms with Gasteiger partial charge in [-0.25, -0.2) is 10.8 Å². The largest absolute Gasteiger partial charge is 0.396 e. The molecular weight excluding hydrogens is 230 g/mol. The summed E-state index contributed by atoms with van der Waals surface area (Å²) in [5.41, 5.74) is 3.52. The lowest BCUT2D eigenvalue weighted by atomic mass is 9.99. The summed E-state index contributed by atoms with van der Waals surface area (Å²) >= 11 is 0. The number of rotatable bonds is 4. The standard InChI is InChI=1S/C12H21N5O/c1-9-8-14-12(16-13)15-11(9)17-6-3-2-4-10(17)5-7-18/h8,10,18H,2-7,13H2,1H3,(H,14,15,16). The fraction of sp³-hybridized carbons (Fsp3) is 0.667. The summed E-state index contributed by atoms with van der Waals surface area (Å²) in [6.07, 6.45) is 6.05. The number of hydrazine groups is 1. The Hall–Kier alpha value is -1.40. The minimum atomic E-state index is 0.216. The molecule has 1 atom stereocenters. The van der Waals surface area contributed by atoms with Gasteiger partial charge < -0.3 is 10.0 Å². The Bertz CT molecular complexity index is 396. The molecule has 2 rings (SSSR count). The van der Waals surface area contributed by atoms with Crippen molar-refractivity contribution in [3.63, 3.8) is 0 Å². The van der Waals surface area contributed by atoms with Gasteiger partial charge in [-0.15, -0.1) is 0 Å². The number of aryl methyl sites for hydroxylation is 1. The first kappa shape index (κ1) is 13.0. The lowest BCUT2D eigenvalue weighted by Gasteiger charge is -2.37. The maximum atomic E-state index is 9.16. The number of aliphatic hydroxyl groups excluding tert-OH is 1. The number of aliphatic hydroxyl groups is 1. The van der Waals surface area contributed by atoms with Crippen molar-refractivity contribution in [2.24, 2.45) is 5.84 Å². The summed E-state index contributed by atoms with van der Waals surface area (Å²) in [5.74, 6) is 6.72. The van der Waals surface area contributed by atoms with Gasteiger partial charge in [0.15, 0.2) is 0 Å². The molecule has 1 aromatic rings. The highest BCUT2D eigenvalue weighted by Crippen LogP contribution is 2.27. The monoisotopic (exact) mass is 251 g/mol. The Morgan fingerprint density at radius 2 is 2.39 bits per heavy atom. The van der Waals surface area contributed by atoms with Crippen LogP contribution in [0.2, 0.25) is 0 Å². The Kier molecular flexibility index (Phi) is 4.33. The number of hydrogen-bond donors (Lipinski definition) is 3. The molecule has 1 unspecified atom stereocenters. The molecule has 1 fully saturated rings. The van der Waals surface area contributed by atoms with Crippen molar-refractivity contribution in [3.8, 4) is 0 Å². The van der Waals surface area contributed by atoms with Gasteiger partial charge in [0, 0.05) is 31.0 Å². The number of aromatic nitrogens is 2. The number of nitrogens with zero attached hydrogens (tertiary/aromatic N) is 3. The minimum Gasteiger partial charge on any atom is -0.396 e. The lowest BCUT2D eigenvalue weighted by Crippen LogP contribution is -2.41. The Labute approximate surface area is 107 Å². The quantitative estimate of drug-likeness (QED) is 0.542. The van der Waals surface area contributed by atoms with E-state index in [0.29, 0.717) is 12.0 Å². The summed E-state index contributed by atoms with van der Waals surface area (Å²) in [4.78, 5) is 10.8. The topological polar surface area (TPSA) is 87.3 Å². The van der Waals surface area contributed by atoms with Crippen molar-refractivity contribution in [1.29, 1.82) is 0 Å². The SMILES string of the molecule is Cc1cnc(NN)nc1N1CCCCC1CCO. The number of nitrogens with two attached hydrogens (primary N) is 1. The first-order valence-corrected chi connectivity index (χ1v) is 6.44. The molecule has 0 spiro atoms. The van der Waals surface area contributed by atoms with Gasteiger partial charge in [-0.2, -0.15) is 4.98 Å². The van der Waals surface area contributed by atoms with Gasteiger partial charge in [0.05, 0.1) is 0 Å². The van der Waals surface area contributed by atoms with E-state index in [1.807, 2.05) is 6.92 Å². The van der Waals surface area contributed by atoms with Crippen LogP contribution in [-0.4, -0.2) is 34.3 Å². The summed E-state index contributed by atoms with van der Waals surface area (Å²) < 4.78 is 0. The van der Waals surface area contributed by atoms with Crippen LogP contribution in [0.3, 0.4) is 0 Å². The Balaban J connectivity index is 2.26. The van der Waals surface area contributed by atoms with Gasteiger partial charge in [0.1, 0.15) is 5.82 Å². The zero-order valence-electron chi connectivity index (χ0n) is 10.8. The van der Waals surface area contributed by atoms with Crippen molar-refractivity contribution in [2.75, 3.05) is 23.5 Å². The average molecular weight is 251 g/mol. The van der Waals surface area contributed by atoms with Gasteiger partial charge in [0.2, 0.25) is 5.95 Å². The maximum absolute atomic E-state index is 9.16.